The topological polar surface area (TPSA) is 90.9 Å². The number of morpholine rings is 1. The van der Waals surface area contributed by atoms with Gasteiger partial charge in [-0.15, -0.1) is 5.10 Å². The van der Waals surface area contributed by atoms with Crippen molar-refractivity contribution in [1.82, 2.24) is 20.4 Å². The predicted molar refractivity (Wildman–Crippen MR) is 99.6 cm³/mol. The Morgan fingerprint density at radius 2 is 1.89 bits per heavy atom. The van der Waals surface area contributed by atoms with Crippen molar-refractivity contribution in [1.29, 1.82) is 0 Å². The van der Waals surface area contributed by atoms with E-state index < -0.39 is 0 Å². The third kappa shape index (κ3) is 4.13. The van der Waals surface area contributed by atoms with E-state index in [1.807, 2.05) is 4.90 Å². The van der Waals surface area contributed by atoms with Crippen molar-refractivity contribution < 1.29 is 14.3 Å². The lowest BCUT2D eigenvalue weighted by Crippen LogP contribution is -2.52. The summed E-state index contributed by atoms with van der Waals surface area (Å²) < 4.78 is 5.41. The number of ether oxygens (including phenoxy) is 1. The molecule has 4 rings (SSSR count). The molecule has 1 aromatic heterocycles. The van der Waals surface area contributed by atoms with E-state index in [2.05, 4.69) is 31.4 Å². The Bertz CT molecular complexity index is 675. The number of rotatable bonds is 3. The molecule has 1 N–H and O–H groups in total. The molecule has 0 aromatic carbocycles. The average molecular weight is 374 g/mol. The Morgan fingerprint density at radius 1 is 1.11 bits per heavy atom. The van der Waals surface area contributed by atoms with Crippen LogP contribution in [0.15, 0.2) is 12.3 Å². The zero-order chi connectivity index (χ0) is 18.6. The second-order valence-corrected chi connectivity index (χ2v) is 7.22. The van der Waals surface area contributed by atoms with Gasteiger partial charge in [0.15, 0.2) is 5.82 Å². The van der Waals surface area contributed by atoms with E-state index in [1.165, 1.54) is 0 Å². The fourth-order valence-electron chi connectivity index (χ4n) is 3.85. The number of nitrogens with one attached hydrogen (secondary N) is 1. The third-order valence-corrected chi connectivity index (χ3v) is 5.53. The first-order valence-electron chi connectivity index (χ1n) is 9.66. The monoisotopic (exact) mass is 374 g/mol. The molecule has 0 saturated carbocycles. The zero-order valence-electron chi connectivity index (χ0n) is 15.5. The second-order valence-electron chi connectivity index (χ2n) is 7.22. The minimum absolute atomic E-state index is 0.0441. The van der Waals surface area contributed by atoms with Crippen molar-refractivity contribution in [3.63, 3.8) is 0 Å². The number of carbonyl (C=O) groups is 2. The SMILES string of the molecule is O=C1CCC(C(=O)N2CCN(c3cc(N4CCOCC4)cnn3)CC2)CN1. The van der Waals surface area contributed by atoms with Crippen LogP contribution in [0.1, 0.15) is 12.8 Å². The van der Waals surface area contributed by atoms with Gasteiger partial charge in [0.05, 0.1) is 31.0 Å². The van der Waals surface area contributed by atoms with Crippen molar-refractivity contribution in [3.8, 4) is 0 Å². The molecule has 3 aliphatic heterocycles. The summed E-state index contributed by atoms with van der Waals surface area (Å²) in [6.45, 7) is 6.50. The lowest BCUT2D eigenvalue weighted by Gasteiger charge is -2.37. The van der Waals surface area contributed by atoms with Gasteiger partial charge < -0.3 is 24.8 Å². The smallest absolute Gasteiger partial charge is 0.227 e. The number of amides is 2. The summed E-state index contributed by atoms with van der Waals surface area (Å²) in [5.41, 5.74) is 1.07. The minimum atomic E-state index is -0.0845. The summed E-state index contributed by atoms with van der Waals surface area (Å²) in [5.74, 6) is 0.972. The van der Waals surface area contributed by atoms with Gasteiger partial charge in [-0.3, -0.25) is 9.59 Å². The molecule has 1 aromatic rings. The number of anilines is 2. The molecule has 1 unspecified atom stereocenters. The third-order valence-electron chi connectivity index (χ3n) is 5.53. The summed E-state index contributed by atoms with van der Waals surface area (Å²) >= 11 is 0. The summed E-state index contributed by atoms with van der Waals surface area (Å²) in [6.07, 6.45) is 2.89. The number of hydrogen-bond donors (Lipinski definition) is 1. The van der Waals surface area contributed by atoms with Crippen molar-refractivity contribution in [2.24, 2.45) is 5.92 Å². The number of carbonyl (C=O) groups excluding carboxylic acids is 2. The first-order valence-corrected chi connectivity index (χ1v) is 9.66. The van der Waals surface area contributed by atoms with Gasteiger partial charge >= 0.3 is 0 Å². The number of piperazine rings is 1. The van der Waals surface area contributed by atoms with Crippen LogP contribution < -0.4 is 15.1 Å². The number of aromatic nitrogens is 2. The molecule has 0 bridgehead atoms. The van der Waals surface area contributed by atoms with Gasteiger partial charge in [0.25, 0.3) is 0 Å². The molecular formula is C18H26N6O3. The maximum absolute atomic E-state index is 12.7. The Kier molecular flexibility index (Phi) is 5.38. The van der Waals surface area contributed by atoms with Crippen molar-refractivity contribution in [3.05, 3.63) is 12.3 Å². The molecule has 27 heavy (non-hydrogen) atoms. The van der Waals surface area contributed by atoms with Crippen LogP contribution in [0.25, 0.3) is 0 Å². The average Bonchev–Trinajstić information content (AvgIpc) is 2.75. The largest absolute Gasteiger partial charge is 0.378 e. The van der Waals surface area contributed by atoms with Crippen LogP contribution in [0, 0.1) is 5.92 Å². The van der Waals surface area contributed by atoms with Gasteiger partial charge in [0.2, 0.25) is 11.8 Å². The normalized spacial score (nSPS) is 23.9. The minimum Gasteiger partial charge on any atom is -0.378 e. The maximum Gasteiger partial charge on any atom is 0.227 e. The summed E-state index contributed by atoms with van der Waals surface area (Å²) in [7, 11) is 0. The second kappa shape index (κ2) is 8.08. The predicted octanol–water partition coefficient (Wildman–Crippen LogP) is -0.512. The molecule has 0 aliphatic carbocycles. The van der Waals surface area contributed by atoms with Crippen LogP contribution >= 0.6 is 0 Å². The standard InChI is InChI=1S/C18H26N6O3/c25-17-2-1-14(12-19-17)18(26)24-5-3-23(4-6-24)16-11-15(13-20-21-16)22-7-9-27-10-8-22/h11,13-14H,1-10,12H2,(H,19,25). The molecule has 146 valence electrons. The first-order chi connectivity index (χ1) is 13.2. The van der Waals surface area contributed by atoms with E-state index in [-0.39, 0.29) is 17.7 Å². The molecule has 0 spiro atoms. The van der Waals surface area contributed by atoms with Gasteiger partial charge in [0.1, 0.15) is 0 Å². The van der Waals surface area contributed by atoms with Crippen LogP contribution in [-0.2, 0) is 14.3 Å². The molecule has 9 nitrogen and oxygen atoms in total. The van der Waals surface area contributed by atoms with Gasteiger partial charge in [-0.2, -0.15) is 5.10 Å². The number of piperidine rings is 1. The van der Waals surface area contributed by atoms with E-state index in [0.717, 1.165) is 50.9 Å². The maximum atomic E-state index is 12.7. The van der Waals surface area contributed by atoms with Gasteiger partial charge in [-0.1, -0.05) is 0 Å². The van der Waals surface area contributed by atoms with E-state index in [1.54, 1.807) is 6.20 Å². The van der Waals surface area contributed by atoms with Gasteiger partial charge in [-0.05, 0) is 6.42 Å². The molecule has 9 heteroatoms. The molecule has 3 saturated heterocycles. The first kappa shape index (κ1) is 18.0. The van der Waals surface area contributed by atoms with Crippen LogP contribution in [0.2, 0.25) is 0 Å². The van der Waals surface area contributed by atoms with Crippen LogP contribution in [0.4, 0.5) is 11.5 Å². The molecule has 3 fully saturated rings. The summed E-state index contributed by atoms with van der Waals surface area (Å²) in [6, 6.07) is 2.08. The van der Waals surface area contributed by atoms with Crippen LogP contribution in [0.3, 0.4) is 0 Å². The highest BCUT2D eigenvalue weighted by Crippen LogP contribution is 2.22. The van der Waals surface area contributed by atoms with E-state index in [0.29, 0.717) is 32.5 Å². The molecule has 3 aliphatic rings. The highest BCUT2D eigenvalue weighted by atomic mass is 16.5. The van der Waals surface area contributed by atoms with Crippen molar-refractivity contribution in [2.45, 2.75) is 12.8 Å². The number of nitrogens with zero attached hydrogens (tertiary/aromatic N) is 5. The van der Waals surface area contributed by atoms with Gasteiger partial charge in [0, 0.05) is 58.3 Å². The Morgan fingerprint density at radius 3 is 2.59 bits per heavy atom. The van der Waals surface area contributed by atoms with Crippen LogP contribution in [0.5, 0.6) is 0 Å². The Labute approximate surface area is 158 Å². The van der Waals surface area contributed by atoms with E-state index >= 15 is 0 Å². The highest BCUT2D eigenvalue weighted by molar-refractivity contribution is 5.84. The molecule has 2 amide bonds. The molecule has 1 atom stereocenters. The molecule has 0 radical (unpaired) electrons. The van der Waals surface area contributed by atoms with Crippen molar-refractivity contribution in [2.75, 3.05) is 68.8 Å². The lowest BCUT2D eigenvalue weighted by molar-refractivity contribution is -0.137. The molecular weight excluding hydrogens is 348 g/mol. The summed E-state index contributed by atoms with van der Waals surface area (Å²) in [4.78, 5) is 30.3. The van der Waals surface area contributed by atoms with E-state index in [9.17, 15) is 9.59 Å². The van der Waals surface area contributed by atoms with Gasteiger partial charge in [-0.25, -0.2) is 0 Å². The lowest BCUT2D eigenvalue weighted by atomic mass is 9.97. The Balaban J connectivity index is 1.33. The fourth-order valence-corrected chi connectivity index (χ4v) is 3.85. The van der Waals surface area contributed by atoms with Crippen molar-refractivity contribution >= 4 is 23.3 Å². The molecule has 4 heterocycles. The highest BCUT2D eigenvalue weighted by Gasteiger charge is 2.30. The summed E-state index contributed by atoms with van der Waals surface area (Å²) in [5, 5.41) is 11.3. The quantitative estimate of drug-likeness (QED) is 0.762. The van der Waals surface area contributed by atoms with Crippen LogP contribution in [-0.4, -0.2) is 85.9 Å². The fraction of sp³-hybridized carbons (Fsp3) is 0.667. The number of hydrogen-bond acceptors (Lipinski definition) is 7. The zero-order valence-corrected chi connectivity index (χ0v) is 15.5. The Hall–Kier alpha value is -2.42. The van der Waals surface area contributed by atoms with E-state index in [4.69, 9.17) is 4.74 Å².